The summed E-state index contributed by atoms with van der Waals surface area (Å²) >= 11 is 0. The van der Waals surface area contributed by atoms with Gasteiger partial charge in [-0.25, -0.2) is 4.98 Å². The smallest absolute Gasteiger partial charge is 0.309 e. The molecule has 0 aliphatic heterocycles. The first-order valence-electron chi connectivity index (χ1n) is 7.45. The summed E-state index contributed by atoms with van der Waals surface area (Å²) in [7, 11) is 0. The SMILES string of the molecule is Cc1ccc2nc([C@@H]3CC[C@@](C)(C(=O)O)C3(C)C)[nH]c2c1. The third-order valence-electron chi connectivity index (χ3n) is 5.68. The molecule has 4 heteroatoms. The van der Waals surface area contributed by atoms with Crippen molar-refractivity contribution in [3.63, 3.8) is 0 Å². The summed E-state index contributed by atoms with van der Waals surface area (Å²) in [6, 6.07) is 6.15. The molecular formula is C17H22N2O2. The van der Waals surface area contributed by atoms with Crippen LogP contribution >= 0.6 is 0 Å². The summed E-state index contributed by atoms with van der Waals surface area (Å²) in [4.78, 5) is 19.8. The number of H-pyrrole nitrogens is 1. The summed E-state index contributed by atoms with van der Waals surface area (Å²) in [6.45, 7) is 8.03. The summed E-state index contributed by atoms with van der Waals surface area (Å²) in [6.07, 6.45) is 1.55. The van der Waals surface area contributed by atoms with Gasteiger partial charge >= 0.3 is 5.97 Å². The lowest BCUT2D eigenvalue weighted by Crippen LogP contribution is -2.40. The predicted octanol–water partition coefficient (Wildman–Crippen LogP) is 3.87. The first kappa shape index (κ1) is 14.1. The molecule has 2 aromatic rings. The zero-order valence-corrected chi connectivity index (χ0v) is 13.0. The second-order valence-electron chi connectivity index (χ2n) is 7.09. The number of imidazole rings is 1. The number of carboxylic acids is 1. The number of nitrogens with one attached hydrogen (secondary N) is 1. The number of aromatic nitrogens is 2. The number of carboxylic acid groups (broad SMARTS) is 1. The first-order chi connectivity index (χ1) is 9.75. The fraction of sp³-hybridized carbons (Fsp3) is 0.529. The lowest BCUT2D eigenvalue weighted by atomic mass is 9.65. The summed E-state index contributed by atoms with van der Waals surface area (Å²) in [5, 5.41) is 9.62. The third-order valence-corrected chi connectivity index (χ3v) is 5.68. The van der Waals surface area contributed by atoms with Crippen LogP contribution in [0, 0.1) is 17.8 Å². The summed E-state index contributed by atoms with van der Waals surface area (Å²) in [5.41, 5.74) is 2.15. The highest BCUT2D eigenvalue weighted by Crippen LogP contribution is 2.59. The molecule has 1 fully saturated rings. The molecule has 21 heavy (non-hydrogen) atoms. The Balaban J connectivity index is 2.05. The molecule has 1 aliphatic carbocycles. The Morgan fingerprint density at radius 3 is 2.71 bits per heavy atom. The standard InChI is InChI=1S/C17H22N2O2/c1-10-5-6-12-13(9-10)19-14(18-12)11-7-8-17(4,15(20)21)16(11,2)3/h5-6,9,11H,7-8H2,1-4H3,(H,18,19)(H,20,21)/t11-,17-/m0/s1. The minimum Gasteiger partial charge on any atom is -0.481 e. The van der Waals surface area contributed by atoms with Crippen LogP contribution in [0.1, 0.15) is 50.9 Å². The molecule has 0 amide bonds. The Morgan fingerprint density at radius 2 is 2.10 bits per heavy atom. The highest BCUT2D eigenvalue weighted by Gasteiger charge is 2.57. The van der Waals surface area contributed by atoms with Gasteiger partial charge in [-0.05, 0) is 49.8 Å². The number of hydrogen-bond donors (Lipinski definition) is 2. The molecule has 4 nitrogen and oxygen atoms in total. The Hall–Kier alpha value is -1.84. The first-order valence-corrected chi connectivity index (χ1v) is 7.45. The Bertz CT molecular complexity index is 717. The van der Waals surface area contributed by atoms with Gasteiger partial charge in [0.1, 0.15) is 5.82 Å². The number of rotatable bonds is 2. The van der Waals surface area contributed by atoms with Gasteiger partial charge in [0, 0.05) is 5.92 Å². The van der Waals surface area contributed by atoms with Crippen molar-refractivity contribution in [1.82, 2.24) is 9.97 Å². The molecule has 0 radical (unpaired) electrons. The van der Waals surface area contributed by atoms with Gasteiger partial charge in [-0.15, -0.1) is 0 Å². The zero-order chi connectivity index (χ0) is 15.4. The van der Waals surface area contributed by atoms with Gasteiger partial charge in [-0.1, -0.05) is 19.9 Å². The lowest BCUT2D eigenvalue weighted by Gasteiger charge is -2.37. The van der Waals surface area contributed by atoms with E-state index >= 15 is 0 Å². The number of aliphatic carboxylic acids is 1. The van der Waals surface area contributed by atoms with Crippen molar-refractivity contribution in [1.29, 1.82) is 0 Å². The van der Waals surface area contributed by atoms with Gasteiger partial charge in [0.15, 0.2) is 0 Å². The molecule has 0 unspecified atom stereocenters. The van der Waals surface area contributed by atoms with Crippen molar-refractivity contribution >= 4 is 17.0 Å². The van der Waals surface area contributed by atoms with Gasteiger partial charge in [-0.3, -0.25) is 4.79 Å². The van der Waals surface area contributed by atoms with Crippen LogP contribution in [-0.2, 0) is 4.79 Å². The molecule has 1 aromatic carbocycles. The largest absolute Gasteiger partial charge is 0.481 e. The van der Waals surface area contributed by atoms with Crippen LogP contribution in [0.4, 0.5) is 0 Å². The predicted molar refractivity (Wildman–Crippen MR) is 82.3 cm³/mol. The molecule has 0 spiro atoms. The minimum atomic E-state index is -0.707. The maximum absolute atomic E-state index is 11.7. The van der Waals surface area contributed by atoms with E-state index in [9.17, 15) is 9.90 Å². The number of hydrogen-bond acceptors (Lipinski definition) is 2. The average molecular weight is 286 g/mol. The highest BCUT2D eigenvalue weighted by molar-refractivity contribution is 5.77. The molecule has 0 bridgehead atoms. The lowest BCUT2D eigenvalue weighted by molar-refractivity contribution is -0.153. The van der Waals surface area contributed by atoms with Crippen molar-refractivity contribution in [3.8, 4) is 0 Å². The molecule has 1 saturated carbocycles. The third kappa shape index (κ3) is 1.88. The number of benzene rings is 1. The van der Waals surface area contributed by atoms with Gasteiger partial charge in [0.25, 0.3) is 0 Å². The second kappa shape index (κ2) is 4.33. The quantitative estimate of drug-likeness (QED) is 0.880. The number of carbonyl (C=O) groups is 1. The molecule has 2 atom stereocenters. The molecule has 1 aromatic heterocycles. The monoisotopic (exact) mass is 286 g/mol. The van der Waals surface area contributed by atoms with Crippen molar-refractivity contribution in [2.75, 3.05) is 0 Å². The molecular weight excluding hydrogens is 264 g/mol. The Morgan fingerprint density at radius 1 is 1.38 bits per heavy atom. The fourth-order valence-electron chi connectivity index (χ4n) is 3.67. The second-order valence-corrected chi connectivity index (χ2v) is 7.09. The van der Waals surface area contributed by atoms with Crippen LogP contribution in [0.15, 0.2) is 18.2 Å². The van der Waals surface area contributed by atoms with Crippen LogP contribution in [-0.4, -0.2) is 21.0 Å². The molecule has 1 heterocycles. The van der Waals surface area contributed by atoms with Crippen molar-refractivity contribution in [2.24, 2.45) is 10.8 Å². The van der Waals surface area contributed by atoms with Gasteiger partial charge in [0.05, 0.1) is 16.4 Å². The zero-order valence-electron chi connectivity index (χ0n) is 13.0. The average Bonchev–Trinajstić information content (AvgIpc) is 2.89. The van der Waals surface area contributed by atoms with Gasteiger partial charge < -0.3 is 10.1 Å². The number of aryl methyl sites for hydroxylation is 1. The van der Waals surface area contributed by atoms with Crippen LogP contribution in [0.2, 0.25) is 0 Å². The maximum Gasteiger partial charge on any atom is 0.309 e. The van der Waals surface area contributed by atoms with Crippen LogP contribution < -0.4 is 0 Å². The summed E-state index contributed by atoms with van der Waals surface area (Å²) < 4.78 is 0. The van der Waals surface area contributed by atoms with Crippen molar-refractivity contribution in [3.05, 3.63) is 29.6 Å². The van der Waals surface area contributed by atoms with E-state index in [-0.39, 0.29) is 11.3 Å². The van der Waals surface area contributed by atoms with E-state index < -0.39 is 11.4 Å². The van der Waals surface area contributed by atoms with E-state index in [4.69, 9.17) is 4.98 Å². The van der Waals surface area contributed by atoms with Gasteiger partial charge in [-0.2, -0.15) is 0 Å². The van der Waals surface area contributed by atoms with E-state index in [1.165, 1.54) is 5.56 Å². The van der Waals surface area contributed by atoms with E-state index in [1.807, 2.05) is 19.1 Å². The van der Waals surface area contributed by atoms with E-state index in [1.54, 1.807) is 0 Å². The van der Waals surface area contributed by atoms with Gasteiger partial charge in [0.2, 0.25) is 0 Å². The van der Waals surface area contributed by atoms with Crippen molar-refractivity contribution in [2.45, 2.75) is 46.5 Å². The molecule has 3 rings (SSSR count). The summed E-state index contributed by atoms with van der Waals surface area (Å²) in [5.74, 6) is 0.360. The van der Waals surface area contributed by atoms with Crippen LogP contribution in [0.3, 0.4) is 0 Å². The Kier molecular flexibility index (Phi) is 2.91. The highest BCUT2D eigenvalue weighted by atomic mass is 16.4. The van der Waals surface area contributed by atoms with E-state index in [2.05, 4.69) is 31.8 Å². The number of aromatic amines is 1. The van der Waals surface area contributed by atoms with E-state index in [0.29, 0.717) is 6.42 Å². The molecule has 2 N–H and O–H groups in total. The topological polar surface area (TPSA) is 66.0 Å². The minimum absolute atomic E-state index is 0.145. The fourth-order valence-corrected chi connectivity index (χ4v) is 3.67. The van der Waals surface area contributed by atoms with Crippen LogP contribution in [0.25, 0.3) is 11.0 Å². The molecule has 0 saturated heterocycles. The maximum atomic E-state index is 11.7. The van der Waals surface area contributed by atoms with Crippen LogP contribution in [0.5, 0.6) is 0 Å². The van der Waals surface area contributed by atoms with E-state index in [0.717, 1.165) is 23.3 Å². The normalized spacial score (nSPS) is 28.1. The molecule has 112 valence electrons. The number of nitrogens with zero attached hydrogens (tertiary/aromatic N) is 1. The number of fused-ring (bicyclic) bond motifs is 1. The Labute approximate surface area is 124 Å². The molecule has 1 aliphatic rings. The van der Waals surface area contributed by atoms with Crippen molar-refractivity contribution < 1.29 is 9.90 Å².